The summed E-state index contributed by atoms with van der Waals surface area (Å²) in [6.07, 6.45) is 2.28. The second-order valence-electron chi connectivity index (χ2n) is 6.28. The molecule has 0 aliphatic carbocycles. The average Bonchev–Trinajstić information content (AvgIpc) is 3.04. The van der Waals surface area contributed by atoms with E-state index in [0.717, 1.165) is 11.1 Å². The van der Waals surface area contributed by atoms with Crippen molar-refractivity contribution in [3.05, 3.63) is 59.2 Å². The fourth-order valence-corrected chi connectivity index (χ4v) is 3.68. The molecule has 3 rings (SSSR count). The van der Waals surface area contributed by atoms with Crippen LogP contribution in [0, 0.1) is 6.92 Å². The van der Waals surface area contributed by atoms with Gasteiger partial charge in [-0.2, -0.15) is 5.10 Å². The van der Waals surface area contributed by atoms with Gasteiger partial charge in [0.1, 0.15) is 0 Å². The van der Waals surface area contributed by atoms with Crippen molar-refractivity contribution in [3.63, 3.8) is 0 Å². The minimum atomic E-state index is -0.192. The molecule has 1 saturated heterocycles. The van der Waals surface area contributed by atoms with Gasteiger partial charge in [0.15, 0.2) is 16.7 Å². The normalized spacial score (nSPS) is 17.9. The highest BCUT2D eigenvalue weighted by molar-refractivity contribution is 8.15. The van der Waals surface area contributed by atoms with Gasteiger partial charge in [-0.25, -0.2) is 0 Å². The molecule has 0 aromatic heterocycles. The first kappa shape index (κ1) is 19.9. The van der Waals surface area contributed by atoms with Crippen molar-refractivity contribution >= 4 is 29.1 Å². The molecule has 2 aromatic carbocycles. The number of hydrogen-bond donors (Lipinski definition) is 1. The maximum absolute atomic E-state index is 12.2. The highest BCUT2D eigenvalue weighted by Gasteiger charge is 2.30. The van der Waals surface area contributed by atoms with Crippen LogP contribution < -0.4 is 14.8 Å². The van der Waals surface area contributed by atoms with Crippen LogP contribution in [0.3, 0.4) is 0 Å². The standard InChI is InChI=1S/C21H23N3O3S/c1-4-27-17-10-9-16(11-18(17)26-3)13-22-24-21-23-20(25)19(28-21)12-15-7-5-14(2)6-8-15/h5-11,13,19H,4,12H2,1-3H3,(H,23,24,25)/b22-13+. The molecule has 1 aliphatic heterocycles. The summed E-state index contributed by atoms with van der Waals surface area (Å²) in [5.41, 5.74) is 3.16. The van der Waals surface area contributed by atoms with Crippen LogP contribution in [-0.2, 0) is 11.2 Å². The first-order chi connectivity index (χ1) is 13.6. The third-order valence-corrected chi connectivity index (χ3v) is 5.23. The monoisotopic (exact) mass is 397 g/mol. The number of amidine groups is 1. The third kappa shape index (κ3) is 5.13. The van der Waals surface area contributed by atoms with E-state index in [1.54, 1.807) is 13.3 Å². The molecule has 28 heavy (non-hydrogen) atoms. The number of aryl methyl sites for hydroxylation is 1. The van der Waals surface area contributed by atoms with Crippen molar-refractivity contribution < 1.29 is 14.3 Å². The lowest BCUT2D eigenvalue weighted by atomic mass is 10.1. The van der Waals surface area contributed by atoms with E-state index >= 15 is 0 Å². The van der Waals surface area contributed by atoms with Crippen molar-refractivity contribution in [2.45, 2.75) is 25.5 Å². The summed E-state index contributed by atoms with van der Waals surface area (Å²) in [4.78, 5) is 12.2. The van der Waals surface area contributed by atoms with E-state index in [0.29, 0.717) is 29.7 Å². The second-order valence-corrected chi connectivity index (χ2v) is 7.47. The highest BCUT2D eigenvalue weighted by atomic mass is 32.2. The molecule has 1 amide bonds. The first-order valence-electron chi connectivity index (χ1n) is 9.04. The summed E-state index contributed by atoms with van der Waals surface area (Å²) < 4.78 is 10.8. The van der Waals surface area contributed by atoms with E-state index in [9.17, 15) is 4.79 Å². The first-order valence-corrected chi connectivity index (χ1v) is 9.92. The minimum absolute atomic E-state index is 0.0396. The SMILES string of the molecule is CCOc1ccc(/C=N/N=C2\NC(=O)C(Cc3ccc(C)cc3)S2)cc1OC. The molecule has 6 nitrogen and oxygen atoms in total. The van der Waals surface area contributed by atoms with Gasteiger partial charge in [-0.05, 0) is 49.6 Å². The van der Waals surface area contributed by atoms with Gasteiger partial charge in [-0.3, -0.25) is 4.79 Å². The summed E-state index contributed by atoms with van der Waals surface area (Å²) in [5, 5.41) is 11.3. The van der Waals surface area contributed by atoms with Crippen LogP contribution in [0.25, 0.3) is 0 Å². The molecule has 0 bridgehead atoms. The van der Waals surface area contributed by atoms with Crippen LogP contribution in [0.15, 0.2) is 52.7 Å². The number of amides is 1. The Bertz CT molecular complexity index is 894. The van der Waals surface area contributed by atoms with Crippen LogP contribution >= 0.6 is 11.8 Å². The van der Waals surface area contributed by atoms with Crippen molar-refractivity contribution in [3.8, 4) is 11.5 Å². The van der Waals surface area contributed by atoms with Gasteiger partial charge in [0.05, 0.1) is 25.2 Å². The van der Waals surface area contributed by atoms with Crippen LogP contribution in [0.5, 0.6) is 11.5 Å². The van der Waals surface area contributed by atoms with E-state index in [1.807, 2.05) is 32.0 Å². The van der Waals surface area contributed by atoms with Crippen molar-refractivity contribution in [1.29, 1.82) is 0 Å². The number of benzene rings is 2. The predicted octanol–water partition coefficient (Wildman–Crippen LogP) is 3.57. The van der Waals surface area contributed by atoms with E-state index in [-0.39, 0.29) is 11.2 Å². The molecule has 1 unspecified atom stereocenters. The Morgan fingerprint density at radius 3 is 2.68 bits per heavy atom. The van der Waals surface area contributed by atoms with Gasteiger partial charge in [0.2, 0.25) is 5.91 Å². The number of carbonyl (C=O) groups is 1. The maximum atomic E-state index is 12.2. The quantitative estimate of drug-likeness (QED) is 0.573. The highest BCUT2D eigenvalue weighted by Crippen LogP contribution is 2.27. The molecule has 1 fully saturated rings. The Morgan fingerprint density at radius 2 is 1.96 bits per heavy atom. The lowest BCUT2D eigenvalue weighted by Crippen LogP contribution is -2.25. The summed E-state index contributed by atoms with van der Waals surface area (Å²) in [6.45, 7) is 4.53. The lowest BCUT2D eigenvalue weighted by Gasteiger charge is -2.09. The topological polar surface area (TPSA) is 72.3 Å². The largest absolute Gasteiger partial charge is 0.493 e. The summed E-state index contributed by atoms with van der Waals surface area (Å²) >= 11 is 1.40. The zero-order valence-corrected chi connectivity index (χ0v) is 17.0. The van der Waals surface area contributed by atoms with E-state index < -0.39 is 0 Å². The Balaban J connectivity index is 1.63. The number of rotatable bonds is 7. The third-order valence-electron chi connectivity index (χ3n) is 4.16. The molecule has 1 heterocycles. The van der Waals surface area contributed by atoms with Crippen molar-refractivity contribution in [2.24, 2.45) is 10.2 Å². The summed E-state index contributed by atoms with van der Waals surface area (Å²) in [6, 6.07) is 13.7. The van der Waals surface area contributed by atoms with Crippen molar-refractivity contribution in [1.82, 2.24) is 5.32 Å². The van der Waals surface area contributed by atoms with Crippen LogP contribution in [-0.4, -0.2) is 36.3 Å². The van der Waals surface area contributed by atoms with Crippen LogP contribution in [0.2, 0.25) is 0 Å². The minimum Gasteiger partial charge on any atom is -0.493 e. The van der Waals surface area contributed by atoms with Gasteiger partial charge >= 0.3 is 0 Å². The van der Waals surface area contributed by atoms with Gasteiger partial charge in [0.25, 0.3) is 0 Å². The molecule has 0 saturated carbocycles. The van der Waals surface area contributed by atoms with Crippen LogP contribution in [0.1, 0.15) is 23.6 Å². The smallest absolute Gasteiger partial charge is 0.239 e. The van der Waals surface area contributed by atoms with Gasteiger partial charge in [0, 0.05) is 0 Å². The fourth-order valence-electron chi connectivity index (χ4n) is 2.71. The summed E-state index contributed by atoms with van der Waals surface area (Å²) in [7, 11) is 1.60. The fraction of sp³-hybridized carbons (Fsp3) is 0.286. The Labute approximate surface area is 169 Å². The molecular formula is C21H23N3O3S. The zero-order valence-electron chi connectivity index (χ0n) is 16.1. The molecule has 1 atom stereocenters. The van der Waals surface area contributed by atoms with E-state index in [1.165, 1.54) is 17.3 Å². The predicted molar refractivity (Wildman–Crippen MR) is 114 cm³/mol. The maximum Gasteiger partial charge on any atom is 0.239 e. The summed E-state index contributed by atoms with van der Waals surface area (Å²) in [5.74, 6) is 1.29. The Kier molecular flexibility index (Phi) is 6.71. The Hall–Kier alpha value is -2.80. The molecule has 1 N–H and O–H groups in total. The number of thioether (sulfide) groups is 1. The molecule has 0 spiro atoms. The zero-order chi connectivity index (χ0) is 19.9. The molecule has 146 valence electrons. The Morgan fingerprint density at radius 1 is 1.18 bits per heavy atom. The lowest BCUT2D eigenvalue weighted by molar-refractivity contribution is -0.118. The molecule has 2 aromatic rings. The number of nitrogens with zero attached hydrogens (tertiary/aromatic N) is 2. The molecular weight excluding hydrogens is 374 g/mol. The molecule has 0 radical (unpaired) electrons. The van der Waals surface area contributed by atoms with Gasteiger partial charge in [-0.1, -0.05) is 41.6 Å². The number of ether oxygens (including phenoxy) is 2. The van der Waals surface area contributed by atoms with Crippen molar-refractivity contribution in [2.75, 3.05) is 13.7 Å². The van der Waals surface area contributed by atoms with Crippen LogP contribution in [0.4, 0.5) is 0 Å². The molecule has 1 aliphatic rings. The number of carbonyl (C=O) groups excluding carboxylic acids is 1. The number of hydrogen-bond acceptors (Lipinski definition) is 6. The van der Waals surface area contributed by atoms with Gasteiger partial charge < -0.3 is 14.8 Å². The van der Waals surface area contributed by atoms with Gasteiger partial charge in [-0.15, -0.1) is 5.10 Å². The number of nitrogens with one attached hydrogen (secondary N) is 1. The average molecular weight is 398 g/mol. The van der Waals surface area contributed by atoms with E-state index in [4.69, 9.17) is 9.47 Å². The molecule has 7 heteroatoms. The number of methoxy groups -OCH3 is 1. The second kappa shape index (κ2) is 9.41. The van der Waals surface area contributed by atoms with E-state index in [2.05, 4.69) is 39.8 Å².